The van der Waals surface area contributed by atoms with E-state index in [0.717, 1.165) is 29.1 Å². The van der Waals surface area contributed by atoms with Gasteiger partial charge in [0.2, 0.25) is 0 Å². The van der Waals surface area contributed by atoms with Gasteiger partial charge in [-0.3, -0.25) is 4.98 Å². The fourth-order valence-electron chi connectivity index (χ4n) is 1.60. The standard InChI is InChI=1S/C14H20N2/c1-6-8-11(3)14-13(16(4)5)10-9-12(7-2)15-14/h6,8-10H,1,7H2,2-5H3/b11-8-. The first kappa shape index (κ1) is 12.5. The minimum atomic E-state index is 0.960. The molecule has 16 heavy (non-hydrogen) atoms. The predicted molar refractivity (Wildman–Crippen MR) is 71.8 cm³/mol. The van der Waals surface area contributed by atoms with E-state index in [2.05, 4.69) is 42.4 Å². The number of anilines is 1. The van der Waals surface area contributed by atoms with Gasteiger partial charge < -0.3 is 4.90 Å². The molecule has 86 valence electrons. The van der Waals surface area contributed by atoms with Gasteiger partial charge in [-0.1, -0.05) is 25.7 Å². The average molecular weight is 216 g/mol. The molecule has 0 aliphatic carbocycles. The van der Waals surface area contributed by atoms with Crippen molar-refractivity contribution in [2.75, 3.05) is 19.0 Å². The summed E-state index contributed by atoms with van der Waals surface area (Å²) < 4.78 is 0. The van der Waals surface area contributed by atoms with Gasteiger partial charge in [0.05, 0.1) is 11.4 Å². The summed E-state index contributed by atoms with van der Waals surface area (Å²) in [4.78, 5) is 6.76. The monoisotopic (exact) mass is 216 g/mol. The van der Waals surface area contributed by atoms with E-state index < -0.39 is 0 Å². The highest BCUT2D eigenvalue weighted by Gasteiger charge is 2.08. The zero-order valence-electron chi connectivity index (χ0n) is 10.6. The zero-order valence-corrected chi connectivity index (χ0v) is 10.6. The van der Waals surface area contributed by atoms with E-state index in [1.165, 1.54) is 0 Å². The number of aromatic nitrogens is 1. The van der Waals surface area contributed by atoms with Crippen molar-refractivity contribution in [3.63, 3.8) is 0 Å². The van der Waals surface area contributed by atoms with Crippen molar-refractivity contribution in [3.8, 4) is 0 Å². The first-order valence-corrected chi connectivity index (χ1v) is 5.57. The molecule has 0 fully saturated rings. The van der Waals surface area contributed by atoms with Gasteiger partial charge in [0, 0.05) is 19.8 Å². The molecule has 0 aromatic carbocycles. The third-order valence-corrected chi connectivity index (χ3v) is 2.52. The van der Waals surface area contributed by atoms with Crippen LogP contribution < -0.4 is 4.90 Å². The Bertz CT molecular complexity index is 403. The number of hydrogen-bond acceptors (Lipinski definition) is 2. The average Bonchev–Trinajstić information content (AvgIpc) is 2.28. The molecule has 0 atom stereocenters. The van der Waals surface area contributed by atoms with E-state index >= 15 is 0 Å². The van der Waals surface area contributed by atoms with Crippen LogP contribution in [0.5, 0.6) is 0 Å². The molecule has 0 aliphatic heterocycles. The topological polar surface area (TPSA) is 16.1 Å². The van der Waals surface area contributed by atoms with Crippen molar-refractivity contribution in [1.82, 2.24) is 4.98 Å². The third-order valence-electron chi connectivity index (χ3n) is 2.52. The van der Waals surface area contributed by atoms with Crippen molar-refractivity contribution in [3.05, 3.63) is 42.3 Å². The smallest absolute Gasteiger partial charge is 0.0895 e. The highest BCUT2D eigenvalue weighted by atomic mass is 15.1. The first-order valence-electron chi connectivity index (χ1n) is 5.57. The maximum Gasteiger partial charge on any atom is 0.0895 e. The van der Waals surface area contributed by atoms with Crippen LogP contribution in [0.2, 0.25) is 0 Å². The molecule has 0 saturated carbocycles. The number of allylic oxidation sites excluding steroid dienone is 3. The number of rotatable bonds is 4. The Balaban J connectivity index is 3.30. The molecule has 2 nitrogen and oxygen atoms in total. The predicted octanol–water partition coefficient (Wildman–Crippen LogP) is 3.30. The van der Waals surface area contributed by atoms with Gasteiger partial charge in [0.15, 0.2) is 0 Å². The molecule has 1 heterocycles. The summed E-state index contributed by atoms with van der Waals surface area (Å²) in [7, 11) is 4.07. The van der Waals surface area contributed by atoms with Crippen LogP contribution in [-0.2, 0) is 6.42 Å². The van der Waals surface area contributed by atoms with Crippen molar-refractivity contribution < 1.29 is 0 Å². The van der Waals surface area contributed by atoms with Crippen molar-refractivity contribution in [2.45, 2.75) is 20.3 Å². The zero-order chi connectivity index (χ0) is 12.1. The van der Waals surface area contributed by atoms with Gasteiger partial charge in [-0.2, -0.15) is 0 Å². The minimum Gasteiger partial charge on any atom is -0.376 e. The third kappa shape index (κ3) is 2.72. The van der Waals surface area contributed by atoms with Crippen LogP contribution in [0.25, 0.3) is 5.57 Å². The molecule has 0 spiro atoms. The lowest BCUT2D eigenvalue weighted by molar-refractivity contribution is 1.00. The summed E-state index contributed by atoms with van der Waals surface area (Å²) >= 11 is 0. The molecular formula is C14H20N2. The molecule has 1 aromatic heterocycles. The Labute approximate surface area is 98.3 Å². The summed E-state index contributed by atoms with van der Waals surface area (Å²) in [5.74, 6) is 0. The Morgan fingerprint density at radius 2 is 2.12 bits per heavy atom. The van der Waals surface area contributed by atoms with E-state index in [1.807, 2.05) is 20.2 Å². The highest BCUT2D eigenvalue weighted by Crippen LogP contribution is 2.24. The summed E-state index contributed by atoms with van der Waals surface area (Å²) in [6.45, 7) is 7.91. The number of pyridine rings is 1. The Morgan fingerprint density at radius 3 is 2.62 bits per heavy atom. The number of hydrogen-bond donors (Lipinski definition) is 0. The van der Waals surface area contributed by atoms with E-state index in [0.29, 0.717) is 0 Å². The SMILES string of the molecule is C=C/C=C(/C)c1nc(CC)ccc1N(C)C. The molecule has 0 bridgehead atoms. The van der Waals surface area contributed by atoms with Crippen LogP contribution in [0.15, 0.2) is 30.9 Å². The van der Waals surface area contributed by atoms with E-state index in [1.54, 1.807) is 6.08 Å². The van der Waals surface area contributed by atoms with Crippen LogP contribution in [0.4, 0.5) is 5.69 Å². The van der Waals surface area contributed by atoms with Crippen molar-refractivity contribution in [1.29, 1.82) is 0 Å². The van der Waals surface area contributed by atoms with E-state index in [-0.39, 0.29) is 0 Å². The van der Waals surface area contributed by atoms with Gasteiger partial charge in [0.1, 0.15) is 0 Å². The van der Waals surface area contributed by atoms with Gasteiger partial charge in [0.25, 0.3) is 0 Å². The lowest BCUT2D eigenvalue weighted by Gasteiger charge is -2.17. The van der Waals surface area contributed by atoms with E-state index in [4.69, 9.17) is 0 Å². The molecule has 0 N–H and O–H groups in total. The molecule has 2 heteroatoms. The Hall–Kier alpha value is -1.57. The normalized spacial score (nSPS) is 11.4. The largest absolute Gasteiger partial charge is 0.376 e. The lowest BCUT2D eigenvalue weighted by Crippen LogP contribution is -2.12. The number of nitrogens with zero attached hydrogens (tertiary/aromatic N) is 2. The first-order chi connectivity index (χ1) is 7.60. The van der Waals surface area contributed by atoms with Crippen LogP contribution in [-0.4, -0.2) is 19.1 Å². The quantitative estimate of drug-likeness (QED) is 0.718. The summed E-state index contributed by atoms with van der Waals surface area (Å²) in [5, 5.41) is 0. The summed E-state index contributed by atoms with van der Waals surface area (Å²) in [5.41, 5.74) is 4.46. The van der Waals surface area contributed by atoms with Crippen molar-refractivity contribution >= 4 is 11.3 Å². The van der Waals surface area contributed by atoms with Gasteiger partial charge in [-0.15, -0.1) is 0 Å². The molecule has 0 unspecified atom stereocenters. The molecule has 0 aliphatic rings. The van der Waals surface area contributed by atoms with Gasteiger partial charge >= 0.3 is 0 Å². The second-order valence-electron chi connectivity index (χ2n) is 4.00. The summed E-state index contributed by atoms with van der Waals surface area (Å²) in [6, 6.07) is 4.21. The van der Waals surface area contributed by atoms with E-state index in [9.17, 15) is 0 Å². The minimum absolute atomic E-state index is 0.960. The molecule has 1 rings (SSSR count). The van der Waals surface area contributed by atoms with Crippen LogP contribution in [0, 0.1) is 0 Å². The molecule has 0 radical (unpaired) electrons. The Morgan fingerprint density at radius 1 is 1.44 bits per heavy atom. The fraction of sp³-hybridized carbons (Fsp3) is 0.357. The molecule has 1 aromatic rings. The highest BCUT2D eigenvalue weighted by molar-refractivity contribution is 5.73. The van der Waals surface area contributed by atoms with Crippen LogP contribution in [0.1, 0.15) is 25.2 Å². The fourth-order valence-corrected chi connectivity index (χ4v) is 1.60. The maximum absolute atomic E-state index is 4.67. The van der Waals surface area contributed by atoms with Gasteiger partial charge in [-0.05, 0) is 31.1 Å². The van der Waals surface area contributed by atoms with Crippen LogP contribution >= 0.6 is 0 Å². The second kappa shape index (κ2) is 5.50. The lowest BCUT2D eigenvalue weighted by atomic mass is 10.1. The Kier molecular flexibility index (Phi) is 4.29. The van der Waals surface area contributed by atoms with Crippen LogP contribution in [0.3, 0.4) is 0 Å². The number of aryl methyl sites for hydroxylation is 1. The summed E-state index contributed by atoms with van der Waals surface area (Å²) in [6.07, 6.45) is 4.76. The molecule has 0 amide bonds. The maximum atomic E-state index is 4.67. The van der Waals surface area contributed by atoms with Crippen molar-refractivity contribution in [2.24, 2.45) is 0 Å². The van der Waals surface area contributed by atoms with Gasteiger partial charge in [-0.25, -0.2) is 0 Å². The molecular weight excluding hydrogens is 196 g/mol. The molecule has 0 saturated heterocycles. The second-order valence-corrected chi connectivity index (χ2v) is 4.00.